The maximum absolute atomic E-state index is 12.4. The van der Waals surface area contributed by atoms with Crippen molar-refractivity contribution in [3.63, 3.8) is 0 Å². The van der Waals surface area contributed by atoms with Crippen LogP contribution in [0.5, 0.6) is 0 Å². The first-order valence-corrected chi connectivity index (χ1v) is 10.4. The number of nitrogens with one attached hydrogen (secondary N) is 1. The summed E-state index contributed by atoms with van der Waals surface area (Å²) >= 11 is 1.32. The zero-order valence-corrected chi connectivity index (χ0v) is 17.3. The Kier molecular flexibility index (Phi) is 6.81. The molecule has 0 spiro atoms. The van der Waals surface area contributed by atoms with Crippen LogP contribution in [0.2, 0.25) is 0 Å². The number of hydrogen-bond acceptors (Lipinski definition) is 5. The van der Waals surface area contributed by atoms with Crippen molar-refractivity contribution in [1.29, 1.82) is 0 Å². The van der Waals surface area contributed by atoms with Gasteiger partial charge in [-0.2, -0.15) is 4.68 Å². The van der Waals surface area contributed by atoms with Gasteiger partial charge in [0.05, 0.1) is 11.4 Å². The fourth-order valence-corrected chi connectivity index (χ4v) is 3.51. The lowest BCUT2D eigenvalue weighted by Crippen LogP contribution is -2.15. The molecule has 0 saturated carbocycles. The van der Waals surface area contributed by atoms with Crippen LogP contribution >= 0.6 is 11.8 Å². The molecule has 0 aliphatic rings. The largest absolute Gasteiger partial charge is 0.325 e. The van der Waals surface area contributed by atoms with E-state index in [2.05, 4.69) is 39.9 Å². The highest BCUT2D eigenvalue weighted by Crippen LogP contribution is 2.21. The minimum Gasteiger partial charge on any atom is -0.325 e. The summed E-state index contributed by atoms with van der Waals surface area (Å²) in [6, 6.07) is 14.1. The second-order valence-corrected chi connectivity index (χ2v) is 7.67. The maximum atomic E-state index is 12.4. The smallest absolute Gasteiger partial charge is 0.234 e. The molecule has 0 unspecified atom stereocenters. The Morgan fingerprint density at radius 2 is 1.93 bits per heavy atom. The molecule has 3 aromatic rings. The van der Waals surface area contributed by atoms with Gasteiger partial charge in [-0.25, -0.2) is 0 Å². The average molecular weight is 396 g/mol. The summed E-state index contributed by atoms with van der Waals surface area (Å²) in [6.07, 6.45) is 3.44. The molecule has 146 valence electrons. The van der Waals surface area contributed by atoms with E-state index >= 15 is 0 Å². The molecule has 0 aliphatic heterocycles. The van der Waals surface area contributed by atoms with Gasteiger partial charge in [-0.1, -0.05) is 49.4 Å². The molecule has 0 atom stereocenters. The Bertz CT molecular complexity index is 936. The van der Waals surface area contributed by atoms with Crippen molar-refractivity contribution in [3.05, 3.63) is 59.2 Å². The third-order valence-corrected chi connectivity index (χ3v) is 5.57. The first-order chi connectivity index (χ1) is 13.6. The number of amides is 1. The Morgan fingerprint density at radius 1 is 1.14 bits per heavy atom. The summed E-state index contributed by atoms with van der Waals surface area (Å²) < 4.78 is 1.67. The van der Waals surface area contributed by atoms with Crippen LogP contribution in [0.4, 0.5) is 5.69 Å². The van der Waals surface area contributed by atoms with E-state index in [9.17, 15) is 4.79 Å². The molecule has 1 N–H and O–H groups in total. The molecule has 0 bridgehead atoms. The number of carbonyl (C=O) groups is 1. The van der Waals surface area contributed by atoms with Crippen molar-refractivity contribution in [2.45, 2.75) is 45.2 Å². The molecular formula is C21H25N5OS. The van der Waals surface area contributed by atoms with Crippen LogP contribution < -0.4 is 5.32 Å². The van der Waals surface area contributed by atoms with Gasteiger partial charge in [0.1, 0.15) is 0 Å². The highest BCUT2D eigenvalue weighted by atomic mass is 32.2. The van der Waals surface area contributed by atoms with Crippen LogP contribution in [-0.4, -0.2) is 31.9 Å². The Labute approximate surface area is 169 Å². The average Bonchev–Trinajstić information content (AvgIpc) is 3.17. The van der Waals surface area contributed by atoms with Gasteiger partial charge in [0, 0.05) is 5.69 Å². The summed E-state index contributed by atoms with van der Waals surface area (Å²) in [4.78, 5) is 12.4. The van der Waals surface area contributed by atoms with E-state index in [1.165, 1.54) is 30.2 Å². The van der Waals surface area contributed by atoms with E-state index in [1.807, 2.05) is 44.2 Å². The highest BCUT2D eigenvalue weighted by Gasteiger charge is 2.12. The van der Waals surface area contributed by atoms with Gasteiger partial charge in [0.15, 0.2) is 0 Å². The monoisotopic (exact) mass is 395 g/mol. The minimum absolute atomic E-state index is 0.0804. The van der Waals surface area contributed by atoms with Gasteiger partial charge in [0.2, 0.25) is 11.1 Å². The minimum atomic E-state index is -0.0804. The van der Waals surface area contributed by atoms with Gasteiger partial charge in [-0.05, 0) is 72.0 Å². The second-order valence-electron chi connectivity index (χ2n) is 6.73. The molecule has 3 rings (SSSR count). The predicted octanol–water partition coefficient (Wildman–Crippen LogP) is 4.35. The molecule has 1 heterocycles. The van der Waals surface area contributed by atoms with Crippen LogP contribution in [0.15, 0.2) is 47.6 Å². The van der Waals surface area contributed by atoms with Crippen molar-refractivity contribution in [1.82, 2.24) is 20.2 Å². The Morgan fingerprint density at radius 3 is 2.68 bits per heavy atom. The van der Waals surface area contributed by atoms with Crippen LogP contribution in [0.3, 0.4) is 0 Å². The van der Waals surface area contributed by atoms with E-state index in [-0.39, 0.29) is 11.7 Å². The SMILES string of the molecule is CCCCc1ccc(-n2nnnc2SCC(=O)Nc2cccc(C)c2C)cc1. The summed E-state index contributed by atoms with van der Waals surface area (Å²) in [5.74, 6) is 0.158. The van der Waals surface area contributed by atoms with E-state index < -0.39 is 0 Å². The molecule has 1 amide bonds. The number of hydrogen-bond donors (Lipinski definition) is 1. The van der Waals surface area contributed by atoms with Gasteiger partial charge in [-0.3, -0.25) is 4.79 Å². The summed E-state index contributed by atoms with van der Waals surface area (Å²) in [6.45, 7) is 6.22. The van der Waals surface area contributed by atoms with Crippen molar-refractivity contribution in [3.8, 4) is 5.69 Å². The van der Waals surface area contributed by atoms with Crippen molar-refractivity contribution < 1.29 is 4.79 Å². The van der Waals surface area contributed by atoms with Gasteiger partial charge >= 0.3 is 0 Å². The third kappa shape index (κ3) is 4.98. The number of nitrogens with zero attached hydrogens (tertiary/aromatic N) is 4. The molecule has 0 radical (unpaired) electrons. The molecular weight excluding hydrogens is 370 g/mol. The van der Waals surface area contributed by atoms with E-state index in [1.54, 1.807) is 4.68 Å². The molecule has 1 aromatic heterocycles. The number of rotatable bonds is 8. The number of aromatic nitrogens is 4. The summed E-state index contributed by atoms with van der Waals surface area (Å²) in [5.41, 5.74) is 5.27. The lowest BCUT2D eigenvalue weighted by atomic mass is 10.1. The highest BCUT2D eigenvalue weighted by molar-refractivity contribution is 7.99. The number of tetrazole rings is 1. The van der Waals surface area contributed by atoms with E-state index in [4.69, 9.17) is 0 Å². The molecule has 0 aliphatic carbocycles. The fraction of sp³-hybridized carbons (Fsp3) is 0.333. The summed E-state index contributed by atoms with van der Waals surface area (Å²) in [5, 5.41) is 15.5. The van der Waals surface area contributed by atoms with Crippen molar-refractivity contribution in [2.75, 3.05) is 11.1 Å². The summed E-state index contributed by atoms with van der Waals surface area (Å²) in [7, 11) is 0. The first kappa shape index (κ1) is 20.1. The van der Waals surface area contributed by atoms with Gasteiger partial charge in [-0.15, -0.1) is 5.10 Å². The zero-order chi connectivity index (χ0) is 19.9. The lowest BCUT2D eigenvalue weighted by Gasteiger charge is -2.10. The molecule has 0 saturated heterocycles. The van der Waals surface area contributed by atoms with Crippen LogP contribution in [0.1, 0.15) is 36.5 Å². The molecule has 0 fully saturated rings. The second kappa shape index (κ2) is 9.50. The standard InChI is InChI=1S/C21H25N5OS/c1-4-5-8-17-10-12-18(13-11-17)26-21(23-24-25-26)28-14-20(27)22-19-9-6-7-15(2)16(19)3/h6-7,9-13H,4-5,8,14H2,1-3H3,(H,22,27). The molecule has 28 heavy (non-hydrogen) atoms. The molecule has 2 aromatic carbocycles. The first-order valence-electron chi connectivity index (χ1n) is 9.45. The lowest BCUT2D eigenvalue weighted by molar-refractivity contribution is -0.113. The van der Waals surface area contributed by atoms with Crippen molar-refractivity contribution in [2.24, 2.45) is 0 Å². The van der Waals surface area contributed by atoms with Gasteiger partial charge < -0.3 is 5.32 Å². The molecule has 7 heteroatoms. The van der Waals surface area contributed by atoms with Crippen LogP contribution in [0, 0.1) is 13.8 Å². The van der Waals surface area contributed by atoms with Crippen LogP contribution in [-0.2, 0) is 11.2 Å². The predicted molar refractivity (Wildman–Crippen MR) is 113 cm³/mol. The number of carbonyl (C=O) groups excluding carboxylic acids is 1. The number of anilines is 1. The quantitative estimate of drug-likeness (QED) is 0.574. The van der Waals surface area contributed by atoms with Crippen LogP contribution in [0.25, 0.3) is 5.69 Å². The topological polar surface area (TPSA) is 72.7 Å². The Balaban J connectivity index is 1.62. The maximum Gasteiger partial charge on any atom is 0.234 e. The number of unbranched alkanes of at least 4 members (excludes halogenated alkanes) is 1. The number of thioether (sulfide) groups is 1. The van der Waals surface area contributed by atoms with E-state index in [0.29, 0.717) is 5.16 Å². The van der Waals surface area contributed by atoms with E-state index in [0.717, 1.165) is 28.9 Å². The number of aryl methyl sites for hydroxylation is 2. The fourth-order valence-electron chi connectivity index (χ4n) is 2.82. The Hall–Kier alpha value is -2.67. The third-order valence-electron chi connectivity index (χ3n) is 4.65. The molecule has 6 nitrogen and oxygen atoms in total. The number of benzene rings is 2. The zero-order valence-electron chi connectivity index (χ0n) is 16.5. The normalized spacial score (nSPS) is 10.8. The van der Waals surface area contributed by atoms with Crippen molar-refractivity contribution >= 4 is 23.4 Å². The van der Waals surface area contributed by atoms with Gasteiger partial charge in [0.25, 0.3) is 0 Å².